The van der Waals surface area contributed by atoms with Gasteiger partial charge in [0.1, 0.15) is 5.82 Å². The van der Waals surface area contributed by atoms with Gasteiger partial charge in [0.05, 0.1) is 11.2 Å². The summed E-state index contributed by atoms with van der Waals surface area (Å²) in [6.07, 6.45) is 1.78. The number of rotatable bonds is 3. The third kappa shape index (κ3) is 2.65. The molecule has 0 aliphatic rings. The van der Waals surface area contributed by atoms with Crippen LogP contribution in [0, 0.1) is 5.82 Å². The van der Waals surface area contributed by atoms with Crippen molar-refractivity contribution in [2.24, 2.45) is 0 Å². The van der Waals surface area contributed by atoms with Crippen molar-refractivity contribution in [1.29, 1.82) is 0 Å². The van der Waals surface area contributed by atoms with Gasteiger partial charge in [0.2, 0.25) is 0 Å². The number of pyridine rings is 1. The average molecular weight is 331 g/mol. The van der Waals surface area contributed by atoms with Gasteiger partial charge in [0, 0.05) is 22.6 Å². The first-order chi connectivity index (χ1) is 9.74. The van der Waals surface area contributed by atoms with E-state index in [1.165, 1.54) is 12.1 Å². The van der Waals surface area contributed by atoms with E-state index >= 15 is 0 Å². The first-order valence-electron chi connectivity index (χ1n) is 6.25. The summed E-state index contributed by atoms with van der Waals surface area (Å²) in [5.74, 6) is -0.243. The highest BCUT2D eigenvalue weighted by atomic mass is 79.9. The lowest BCUT2D eigenvalue weighted by atomic mass is 10.1. The Kier molecular flexibility index (Phi) is 3.65. The van der Waals surface area contributed by atoms with Crippen LogP contribution in [0.25, 0.3) is 10.9 Å². The van der Waals surface area contributed by atoms with E-state index in [2.05, 4.69) is 26.2 Å². The van der Waals surface area contributed by atoms with Gasteiger partial charge in [0.15, 0.2) is 0 Å². The zero-order chi connectivity index (χ0) is 13.9. The molecule has 0 radical (unpaired) electrons. The van der Waals surface area contributed by atoms with Crippen LogP contribution in [-0.2, 0) is 6.54 Å². The van der Waals surface area contributed by atoms with Gasteiger partial charge in [-0.3, -0.25) is 4.98 Å². The third-order valence-corrected chi connectivity index (χ3v) is 3.86. The Bertz CT molecular complexity index is 753. The molecule has 3 rings (SSSR count). The van der Waals surface area contributed by atoms with E-state index in [0.29, 0.717) is 6.54 Å². The zero-order valence-corrected chi connectivity index (χ0v) is 12.2. The van der Waals surface area contributed by atoms with Gasteiger partial charge in [-0.05, 0) is 29.8 Å². The van der Waals surface area contributed by atoms with Gasteiger partial charge in [0.25, 0.3) is 0 Å². The third-order valence-electron chi connectivity index (χ3n) is 3.12. The summed E-state index contributed by atoms with van der Waals surface area (Å²) in [6, 6.07) is 14.7. The number of nitrogens with zero attached hydrogens (tertiary/aromatic N) is 1. The number of anilines is 1. The second-order valence-electron chi connectivity index (χ2n) is 4.47. The molecule has 100 valence electrons. The number of nitrogens with one attached hydrogen (secondary N) is 1. The average Bonchev–Trinajstić information content (AvgIpc) is 2.46. The Balaban J connectivity index is 1.87. The van der Waals surface area contributed by atoms with Crippen LogP contribution in [0.2, 0.25) is 0 Å². The molecule has 0 saturated carbocycles. The van der Waals surface area contributed by atoms with Crippen molar-refractivity contribution < 1.29 is 4.39 Å². The number of para-hydroxylation sites is 1. The quantitative estimate of drug-likeness (QED) is 0.749. The number of hydrogen-bond donors (Lipinski definition) is 1. The Hall–Kier alpha value is -1.94. The fraction of sp³-hybridized carbons (Fsp3) is 0.0625. The van der Waals surface area contributed by atoms with E-state index in [1.54, 1.807) is 12.3 Å². The molecular weight excluding hydrogens is 319 g/mol. The molecule has 0 aliphatic carbocycles. The lowest BCUT2D eigenvalue weighted by Gasteiger charge is -2.10. The van der Waals surface area contributed by atoms with E-state index < -0.39 is 0 Å². The molecule has 1 aromatic heterocycles. The minimum Gasteiger partial charge on any atom is -0.379 e. The van der Waals surface area contributed by atoms with Crippen molar-refractivity contribution in [3.05, 3.63) is 70.6 Å². The summed E-state index contributed by atoms with van der Waals surface area (Å²) < 4.78 is 13.8. The first-order valence-corrected chi connectivity index (χ1v) is 7.05. The maximum absolute atomic E-state index is 13.1. The van der Waals surface area contributed by atoms with E-state index in [-0.39, 0.29) is 5.82 Å². The minimum atomic E-state index is -0.243. The summed E-state index contributed by atoms with van der Waals surface area (Å²) in [6.45, 7) is 0.608. The molecule has 0 unspecified atom stereocenters. The molecule has 3 aromatic rings. The van der Waals surface area contributed by atoms with Gasteiger partial charge in [-0.25, -0.2) is 4.39 Å². The molecule has 2 aromatic carbocycles. The number of fused-ring (bicyclic) bond motifs is 1. The predicted molar refractivity (Wildman–Crippen MR) is 83.2 cm³/mol. The lowest BCUT2D eigenvalue weighted by molar-refractivity contribution is 0.626. The summed E-state index contributed by atoms with van der Waals surface area (Å²) in [7, 11) is 0. The second-order valence-corrected chi connectivity index (χ2v) is 5.32. The van der Waals surface area contributed by atoms with E-state index in [4.69, 9.17) is 0 Å². The number of halogens is 2. The van der Waals surface area contributed by atoms with Crippen LogP contribution < -0.4 is 5.32 Å². The van der Waals surface area contributed by atoms with Gasteiger partial charge in [-0.1, -0.05) is 40.2 Å². The Morgan fingerprint density at radius 3 is 2.80 bits per heavy atom. The predicted octanol–water partition coefficient (Wildman–Crippen LogP) is 4.75. The molecule has 1 heterocycles. The van der Waals surface area contributed by atoms with Gasteiger partial charge in [-0.2, -0.15) is 0 Å². The van der Waals surface area contributed by atoms with Crippen molar-refractivity contribution in [2.45, 2.75) is 6.54 Å². The SMILES string of the molecule is Fc1ccc(CNc2cccc3cccnc23)c(Br)c1. The number of benzene rings is 2. The molecule has 4 heteroatoms. The number of hydrogen-bond acceptors (Lipinski definition) is 2. The van der Waals surface area contributed by atoms with Gasteiger partial charge < -0.3 is 5.32 Å². The summed E-state index contributed by atoms with van der Waals surface area (Å²) in [5, 5.41) is 4.44. The fourth-order valence-electron chi connectivity index (χ4n) is 2.10. The molecule has 1 N–H and O–H groups in total. The van der Waals surface area contributed by atoms with Crippen molar-refractivity contribution >= 4 is 32.5 Å². The van der Waals surface area contributed by atoms with Crippen molar-refractivity contribution in [2.75, 3.05) is 5.32 Å². The molecule has 0 atom stereocenters. The molecule has 2 nitrogen and oxygen atoms in total. The minimum absolute atomic E-state index is 0.243. The topological polar surface area (TPSA) is 24.9 Å². The van der Waals surface area contributed by atoms with Gasteiger partial charge in [-0.15, -0.1) is 0 Å². The molecular formula is C16H12BrFN2. The fourth-order valence-corrected chi connectivity index (χ4v) is 2.59. The normalized spacial score (nSPS) is 10.7. The highest BCUT2D eigenvalue weighted by Gasteiger charge is 2.04. The van der Waals surface area contributed by atoms with E-state index in [0.717, 1.165) is 26.6 Å². The van der Waals surface area contributed by atoms with Crippen LogP contribution >= 0.6 is 15.9 Å². The maximum atomic E-state index is 13.1. The first kappa shape index (κ1) is 13.1. The highest BCUT2D eigenvalue weighted by molar-refractivity contribution is 9.10. The molecule has 0 bridgehead atoms. The van der Waals surface area contributed by atoms with E-state index in [9.17, 15) is 4.39 Å². The molecule has 0 aliphatic heterocycles. The lowest BCUT2D eigenvalue weighted by Crippen LogP contribution is -2.01. The highest BCUT2D eigenvalue weighted by Crippen LogP contribution is 2.23. The molecule has 20 heavy (non-hydrogen) atoms. The molecule has 0 saturated heterocycles. The largest absolute Gasteiger partial charge is 0.379 e. The van der Waals surface area contributed by atoms with Crippen LogP contribution in [0.1, 0.15) is 5.56 Å². The molecule has 0 fully saturated rings. The summed E-state index contributed by atoms with van der Waals surface area (Å²) in [5.41, 5.74) is 2.91. The standard InChI is InChI=1S/C16H12BrFN2/c17-14-9-13(18)7-6-12(14)10-20-15-5-1-3-11-4-2-8-19-16(11)15/h1-9,20H,10H2. The van der Waals surface area contributed by atoms with Crippen molar-refractivity contribution in [3.63, 3.8) is 0 Å². The second kappa shape index (κ2) is 5.59. The van der Waals surface area contributed by atoms with Crippen molar-refractivity contribution in [1.82, 2.24) is 4.98 Å². The van der Waals surface area contributed by atoms with Crippen LogP contribution in [0.3, 0.4) is 0 Å². The molecule has 0 spiro atoms. The Labute approximate surface area is 124 Å². The summed E-state index contributed by atoms with van der Waals surface area (Å²) in [4.78, 5) is 4.40. The van der Waals surface area contributed by atoms with Gasteiger partial charge >= 0.3 is 0 Å². The molecule has 0 amide bonds. The Morgan fingerprint density at radius 1 is 1.10 bits per heavy atom. The smallest absolute Gasteiger partial charge is 0.124 e. The Morgan fingerprint density at radius 2 is 1.95 bits per heavy atom. The zero-order valence-electron chi connectivity index (χ0n) is 10.6. The maximum Gasteiger partial charge on any atom is 0.124 e. The summed E-state index contributed by atoms with van der Waals surface area (Å²) >= 11 is 3.37. The number of aromatic nitrogens is 1. The van der Waals surface area contributed by atoms with Crippen LogP contribution in [0.15, 0.2) is 59.2 Å². The van der Waals surface area contributed by atoms with Crippen molar-refractivity contribution in [3.8, 4) is 0 Å². The monoisotopic (exact) mass is 330 g/mol. The van der Waals surface area contributed by atoms with Crippen LogP contribution in [-0.4, -0.2) is 4.98 Å². The van der Waals surface area contributed by atoms with Crippen LogP contribution in [0.4, 0.5) is 10.1 Å². The van der Waals surface area contributed by atoms with E-state index in [1.807, 2.05) is 30.3 Å². The van der Waals surface area contributed by atoms with Crippen LogP contribution in [0.5, 0.6) is 0 Å².